The Bertz CT molecular complexity index is 413. The molecule has 0 N–H and O–H groups in total. The molecule has 0 bridgehead atoms. The third-order valence-electron chi connectivity index (χ3n) is 4.19. The monoisotopic (exact) mass is 282 g/mol. The summed E-state index contributed by atoms with van der Waals surface area (Å²) in [6.45, 7) is 8.92. The second-order valence-electron chi connectivity index (χ2n) is 5.55. The molecule has 2 unspecified atom stereocenters. The maximum Gasteiger partial charge on any atom is 0.0458 e. The van der Waals surface area contributed by atoms with E-state index in [1.807, 2.05) is 11.8 Å². The number of hydrogen-bond acceptors (Lipinski definition) is 1. The van der Waals surface area contributed by atoms with Crippen LogP contribution >= 0.6 is 23.4 Å². The van der Waals surface area contributed by atoms with E-state index in [4.69, 9.17) is 11.6 Å². The summed E-state index contributed by atoms with van der Waals surface area (Å²) in [6.07, 6.45) is 5.09. The molecule has 18 heavy (non-hydrogen) atoms. The Labute approximate surface area is 121 Å². The summed E-state index contributed by atoms with van der Waals surface area (Å²) in [5.74, 6) is 0. The molecule has 2 atom stereocenters. The van der Waals surface area contributed by atoms with Crippen LogP contribution < -0.4 is 0 Å². The van der Waals surface area contributed by atoms with E-state index in [0.717, 1.165) is 0 Å². The molecule has 0 aliphatic heterocycles. The van der Waals surface area contributed by atoms with Gasteiger partial charge < -0.3 is 0 Å². The van der Waals surface area contributed by atoms with E-state index in [2.05, 4.69) is 33.8 Å². The minimum atomic E-state index is 0.350. The van der Waals surface area contributed by atoms with Gasteiger partial charge in [-0.15, -0.1) is 23.4 Å². The van der Waals surface area contributed by atoms with Crippen molar-refractivity contribution < 1.29 is 0 Å². The van der Waals surface area contributed by atoms with Crippen molar-refractivity contribution in [2.75, 3.05) is 0 Å². The van der Waals surface area contributed by atoms with E-state index in [0.29, 0.717) is 10.6 Å². The van der Waals surface area contributed by atoms with Gasteiger partial charge in [0.1, 0.15) is 0 Å². The predicted octanol–water partition coefficient (Wildman–Crippen LogP) is 5.56. The molecule has 0 spiro atoms. The van der Waals surface area contributed by atoms with Crippen LogP contribution in [-0.4, -0.2) is 10.6 Å². The quantitative estimate of drug-likeness (QED) is 0.640. The fourth-order valence-electron chi connectivity index (χ4n) is 2.69. The van der Waals surface area contributed by atoms with Crippen LogP contribution in [0.25, 0.3) is 0 Å². The van der Waals surface area contributed by atoms with Gasteiger partial charge in [-0.1, -0.05) is 18.9 Å². The summed E-state index contributed by atoms with van der Waals surface area (Å²) < 4.78 is 0. The second-order valence-corrected chi connectivity index (χ2v) is 7.36. The zero-order valence-electron chi connectivity index (χ0n) is 11.8. The number of rotatable bonds is 2. The van der Waals surface area contributed by atoms with Crippen molar-refractivity contribution in [3.8, 4) is 0 Å². The van der Waals surface area contributed by atoms with Gasteiger partial charge in [-0.2, -0.15) is 0 Å². The predicted molar refractivity (Wildman–Crippen MR) is 83.1 cm³/mol. The van der Waals surface area contributed by atoms with Gasteiger partial charge in [-0.25, -0.2) is 0 Å². The SMILES string of the molecule is Cc1cc(C)c(C)c(SC2CCCCC2Cl)c1C. The van der Waals surface area contributed by atoms with Crippen molar-refractivity contribution in [2.45, 2.75) is 68.9 Å². The van der Waals surface area contributed by atoms with Crippen LogP contribution in [0.2, 0.25) is 0 Å². The standard InChI is InChI=1S/C16H23ClS/c1-10-9-11(2)13(4)16(12(10)3)18-15-8-6-5-7-14(15)17/h9,14-15H,5-8H2,1-4H3. The third kappa shape index (κ3) is 2.88. The molecule has 0 radical (unpaired) electrons. The lowest BCUT2D eigenvalue weighted by atomic mass is 10.00. The summed E-state index contributed by atoms with van der Waals surface area (Å²) >= 11 is 8.52. The molecular formula is C16H23ClS. The largest absolute Gasteiger partial charge is 0.122 e. The highest BCUT2D eigenvalue weighted by molar-refractivity contribution is 8.00. The Kier molecular flexibility index (Phi) is 4.66. The Morgan fingerprint density at radius 2 is 1.56 bits per heavy atom. The molecule has 1 saturated carbocycles. The number of hydrogen-bond donors (Lipinski definition) is 0. The van der Waals surface area contributed by atoms with E-state index < -0.39 is 0 Å². The Hall–Kier alpha value is -0.140. The number of thioether (sulfide) groups is 1. The zero-order chi connectivity index (χ0) is 13.3. The smallest absolute Gasteiger partial charge is 0.0458 e. The van der Waals surface area contributed by atoms with Crippen molar-refractivity contribution in [3.63, 3.8) is 0 Å². The van der Waals surface area contributed by atoms with Gasteiger partial charge in [0.25, 0.3) is 0 Å². The number of alkyl halides is 1. The highest BCUT2D eigenvalue weighted by Crippen LogP contribution is 2.40. The molecular weight excluding hydrogens is 260 g/mol. The molecule has 0 saturated heterocycles. The van der Waals surface area contributed by atoms with Gasteiger partial charge in [0.15, 0.2) is 0 Å². The van der Waals surface area contributed by atoms with Crippen molar-refractivity contribution >= 4 is 23.4 Å². The lowest BCUT2D eigenvalue weighted by molar-refractivity contribution is 0.522. The summed E-state index contributed by atoms with van der Waals surface area (Å²) in [4.78, 5) is 1.48. The molecule has 2 rings (SSSR count). The van der Waals surface area contributed by atoms with Crippen LogP contribution in [0.15, 0.2) is 11.0 Å². The molecule has 2 heteroatoms. The second kappa shape index (κ2) is 5.88. The summed E-state index contributed by atoms with van der Waals surface area (Å²) in [7, 11) is 0. The van der Waals surface area contributed by atoms with Gasteiger partial charge >= 0.3 is 0 Å². The van der Waals surface area contributed by atoms with Gasteiger partial charge in [0, 0.05) is 15.5 Å². The number of aryl methyl sites for hydroxylation is 2. The fraction of sp³-hybridized carbons (Fsp3) is 0.625. The van der Waals surface area contributed by atoms with Crippen molar-refractivity contribution in [3.05, 3.63) is 28.3 Å². The molecule has 1 aromatic rings. The molecule has 1 fully saturated rings. The maximum atomic E-state index is 6.50. The summed E-state index contributed by atoms with van der Waals surface area (Å²) in [5.41, 5.74) is 5.69. The van der Waals surface area contributed by atoms with Crippen molar-refractivity contribution in [1.82, 2.24) is 0 Å². The van der Waals surface area contributed by atoms with Gasteiger partial charge in [-0.3, -0.25) is 0 Å². The minimum absolute atomic E-state index is 0.350. The average Bonchev–Trinajstić information content (AvgIpc) is 2.34. The maximum absolute atomic E-state index is 6.50. The lowest BCUT2D eigenvalue weighted by Gasteiger charge is -2.28. The normalized spacial score (nSPS) is 24.3. The van der Waals surface area contributed by atoms with Gasteiger partial charge in [0.05, 0.1) is 0 Å². The number of benzene rings is 1. The van der Waals surface area contributed by atoms with Crippen LogP contribution in [0, 0.1) is 27.7 Å². The van der Waals surface area contributed by atoms with Crippen LogP contribution in [-0.2, 0) is 0 Å². The van der Waals surface area contributed by atoms with Crippen molar-refractivity contribution in [2.24, 2.45) is 0 Å². The van der Waals surface area contributed by atoms with E-state index in [-0.39, 0.29) is 0 Å². The molecule has 0 aromatic heterocycles. The van der Waals surface area contributed by atoms with Crippen LogP contribution in [0.3, 0.4) is 0 Å². The first kappa shape index (κ1) is 14.3. The molecule has 1 aromatic carbocycles. The first-order valence-corrected chi connectivity index (χ1v) is 8.20. The summed E-state index contributed by atoms with van der Waals surface area (Å²) in [6, 6.07) is 2.30. The molecule has 0 heterocycles. The van der Waals surface area contributed by atoms with Gasteiger partial charge in [0.2, 0.25) is 0 Å². The molecule has 1 aliphatic rings. The minimum Gasteiger partial charge on any atom is -0.122 e. The highest BCUT2D eigenvalue weighted by atomic mass is 35.5. The third-order valence-corrected chi connectivity index (χ3v) is 6.58. The van der Waals surface area contributed by atoms with E-state index in [9.17, 15) is 0 Å². The summed E-state index contributed by atoms with van der Waals surface area (Å²) in [5, 5.41) is 0.947. The highest BCUT2D eigenvalue weighted by Gasteiger charge is 2.25. The zero-order valence-corrected chi connectivity index (χ0v) is 13.4. The van der Waals surface area contributed by atoms with E-state index in [1.165, 1.54) is 52.8 Å². The molecule has 0 amide bonds. The molecule has 100 valence electrons. The Balaban J connectivity index is 2.28. The van der Waals surface area contributed by atoms with Crippen molar-refractivity contribution in [1.29, 1.82) is 0 Å². The molecule has 0 nitrogen and oxygen atoms in total. The Morgan fingerprint density at radius 3 is 2.11 bits per heavy atom. The fourth-order valence-corrected chi connectivity index (χ4v) is 4.67. The lowest BCUT2D eigenvalue weighted by Crippen LogP contribution is -2.22. The van der Waals surface area contributed by atoms with E-state index in [1.54, 1.807) is 0 Å². The van der Waals surface area contributed by atoms with Gasteiger partial charge in [-0.05, 0) is 62.8 Å². The Morgan fingerprint density at radius 1 is 1.00 bits per heavy atom. The van der Waals surface area contributed by atoms with Crippen LogP contribution in [0.1, 0.15) is 47.9 Å². The van der Waals surface area contributed by atoms with E-state index >= 15 is 0 Å². The first-order chi connectivity index (χ1) is 8.50. The first-order valence-electron chi connectivity index (χ1n) is 6.89. The number of halogens is 1. The molecule has 1 aliphatic carbocycles. The average molecular weight is 283 g/mol. The topological polar surface area (TPSA) is 0 Å². The van der Waals surface area contributed by atoms with Crippen LogP contribution in [0.4, 0.5) is 0 Å². The van der Waals surface area contributed by atoms with Crippen LogP contribution in [0.5, 0.6) is 0 Å².